The van der Waals surface area contributed by atoms with Crippen LogP contribution in [0.15, 0.2) is 30.3 Å². The predicted molar refractivity (Wildman–Crippen MR) is 113 cm³/mol. The molecule has 4 heteroatoms. The van der Waals surface area contributed by atoms with Crippen LogP contribution in [0.4, 0.5) is 0 Å². The van der Waals surface area contributed by atoms with E-state index in [1.807, 2.05) is 65.0 Å². The molecule has 3 rings (SSSR count). The van der Waals surface area contributed by atoms with E-state index in [1.165, 1.54) is 17.6 Å². The third kappa shape index (κ3) is 4.13. The van der Waals surface area contributed by atoms with E-state index in [-0.39, 0.29) is 5.97 Å². The Labute approximate surface area is 161 Å². The van der Waals surface area contributed by atoms with Crippen LogP contribution in [0.5, 0.6) is 0 Å². The highest BCUT2D eigenvalue weighted by Gasteiger charge is 2.23. The first kappa shape index (κ1) is 21.8. The van der Waals surface area contributed by atoms with Crippen molar-refractivity contribution in [1.82, 2.24) is 4.98 Å². The lowest BCUT2D eigenvalue weighted by Gasteiger charge is -2.13. The van der Waals surface area contributed by atoms with Crippen molar-refractivity contribution in [3.05, 3.63) is 52.0 Å². The van der Waals surface area contributed by atoms with Crippen LogP contribution in [-0.4, -0.2) is 18.1 Å². The van der Waals surface area contributed by atoms with Gasteiger partial charge in [0.25, 0.3) is 0 Å². The molecule has 0 aliphatic rings. The highest BCUT2D eigenvalue weighted by Crippen LogP contribution is 2.39. The summed E-state index contributed by atoms with van der Waals surface area (Å²) in [6.45, 7) is 14.0. The minimum absolute atomic E-state index is 0.339. The number of methoxy groups -OCH3 is 1. The first-order chi connectivity index (χ1) is 12.5. The molecule has 0 aliphatic carbocycles. The molecule has 0 unspecified atom stereocenters. The summed E-state index contributed by atoms with van der Waals surface area (Å²) >= 11 is 1.67. The number of nitrogens with zero attached hydrogens (tertiary/aromatic N) is 1. The van der Waals surface area contributed by atoms with Gasteiger partial charge < -0.3 is 4.74 Å². The molecule has 2 aromatic heterocycles. The van der Waals surface area contributed by atoms with Crippen LogP contribution in [0.1, 0.15) is 54.2 Å². The number of fused-ring (bicyclic) bond motifs is 1. The molecule has 0 fully saturated rings. The molecule has 1 aromatic carbocycles. The molecule has 3 nitrogen and oxygen atoms in total. The van der Waals surface area contributed by atoms with E-state index in [1.54, 1.807) is 11.3 Å². The molecule has 0 amide bonds. The van der Waals surface area contributed by atoms with Crippen molar-refractivity contribution in [3.63, 3.8) is 0 Å². The normalized spacial score (nSPS) is 9.69. The highest BCUT2D eigenvalue weighted by atomic mass is 32.1. The summed E-state index contributed by atoms with van der Waals surface area (Å²) in [4.78, 5) is 19.2. The summed E-state index contributed by atoms with van der Waals surface area (Å²) in [6.07, 6.45) is 0. The quantitative estimate of drug-likeness (QED) is 0.469. The topological polar surface area (TPSA) is 39.2 Å². The Hall–Kier alpha value is -2.20. The van der Waals surface area contributed by atoms with Crippen LogP contribution in [0, 0.1) is 20.8 Å². The van der Waals surface area contributed by atoms with Gasteiger partial charge in [0.1, 0.15) is 4.83 Å². The predicted octanol–water partition coefficient (Wildman–Crippen LogP) is 6.73. The van der Waals surface area contributed by atoms with Crippen LogP contribution in [0.25, 0.3) is 21.3 Å². The van der Waals surface area contributed by atoms with Gasteiger partial charge in [-0.25, -0.2) is 9.78 Å². The van der Waals surface area contributed by atoms with Crippen LogP contribution >= 0.6 is 11.3 Å². The Balaban J connectivity index is 0.000000791. The third-order valence-electron chi connectivity index (χ3n) is 3.95. The molecule has 2 heterocycles. The molecule has 0 aliphatic heterocycles. The average Bonchev–Trinajstić information content (AvgIpc) is 2.97. The molecule has 26 heavy (non-hydrogen) atoms. The minimum atomic E-state index is -0.339. The second kappa shape index (κ2) is 10.1. The Kier molecular flexibility index (Phi) is 8.46. The number of carbonyl (C=O) groups excluding carboxylic acids is 1. The molecule has 0 radical (unpaired) electrons. The summed E-state index contributed by atoms with van der Waals surface area (Å²) in [6, 6.07) is 9.97. The maximum Gasteiger partial charge on any atom is 0.340 e. The number of pyridine rings is 1. The Morgan fingerprint density at radius 2 is 1.58 bits per heavy atom. The largest absolute Gasteiger partial charge is 0.465 e. The van der Waals surface area contributed by atoms with Gasteiger partial charge in [-0.1, -0.05) is 58.0 Å². The Morgan fingerprint density at radius 3 is 2.12 bits per heavy atom. The van der Waals surface area contributed by atoms with Crippen molar-refractivity contribution in [2.45, 2.75) is 48.5 Å². The number of thiophene rings is 1. The fraction of sp³-hybridized carbons (Fsp3) is 0.364. The molecular weight excluding hydrogens is 342 g/mol. The van der Waals surface area contributed by atoms with E-state index in [0.717, 1.165) is 21.3 Å². The van der Waals surface area contributed by atoms with Gasteiger partial charge in [-0.05, 0) is 31.9 Å². The van der Waals surface area contributed by atoms with E-state index in [9.17, 15) is 4.79 Å². The maximum atomic E-state index is 12.3. The van der Waals surface area contributed by atoms with E-state index < -0.39 is 0 Å². The van der Waals surface area contributed by atoms with E-state index in [2.05, 4.69) is 18.8 Å². The van der Waals surface area contributed by atoms with Gasteiger partial charge in [-0.15, -0.1) is 11.3 Å². The number of carbonyl (C=O) groups is 1. The van der Waals surface area contributed by atoms with Crippen LogP contribution < -0.4 is 0 Å². The van der Waals surface area contributed by atoms with Gasteiger partial charge in [0.2, 0.25) is 0 Å². The zero-order valence-electron chi connectivity index (χ0n) is 17.1. The monoisotopic (exact) mass is 371 g/mol. The number of aryl methyl sites for hydroxylation is 3. The maximum absolute atomic E-state index is 12.3. The Morgan fingerprint density at radius 1 is 1.00 bits per heavy atom. The molecule has 0 spiro atoms. The average molecular weight is 372 g/mol. The third-order valence-corrected chi connectivity index (χ3v) is 5.05. The zero-order valence-corrected chi connectivity index (χ0v) is 17.9. The van der Waals surface area contributed by atoms with Gasteiger partial charge >= 0.3 is 5.97 Å². The first-order valence-electron chi connectivity index (χ1n) is 9.08. The first-order valence-corrected chi connectivity index (χ1v) is 9.90. The molecule has 140 valence electrons. The lowest BCUT2D eigenvalue weighted by Crippen LogP contribution is -2.08. The van der Waals surface area contributed by atoms with Gasteiger partial charge in [0.05, 0.1) is 18.4 Å². The molecule has 3 aromatic rings. The number of esters is 1. The van der Waals surface area contributed by atoms with E-state index in [0.29, 0.717) is 11.3 Å². The molecule has 0 bridgehead atoms. The second-order valence-electron chi connectivity index (χ2n) is 5.27. The standard InChI is InChI=1S/C18H17NO2S.2C2H6/c1-10-12(3)22-17-14(10)16(13-8-6-5-7-9-13)15(11(2)19-17)18(20)21-4;2*1-2/h5-9H,1-4H3;2*1-2H3. The zero-order chi connectivity index (χ0) is 19.9. The molecular formula is C22H29NO2S. The van der Waals surface area contributed by atoms with E-state index in [4.69, 9.17) is 4.74 Å². The summed E-state index contributed by atoms with van der Waals surface area (Å²) in [5, 5.41) is 1.06. The minimum Gasteiger partial charge on any atom is -0.465 e. The summed E-state index contributed by atoms with van der Waals surface area (Å²) in [5.41, 5.74) is 4.38. The number of ether oxygens (including phenoxy) is 1. The molecule has 0 atom stereocenters. The van der Waals surface area contributed by atoms with Crippen LogP contribution in [0.2, 0.25) is 0 Å². The second-order valence-corrected chi connectivity index (χ2v) is 6.47. The smallest absolute Gasteiger partial charge is 0.340 e. The lowest BCUT2D eigenvalue weighted by molar-refractivity contribution is 0.0600. The van der Waals surface area contributed by atoms with Crippen molar-refractivity contribution in [2.24, 2.45) is 0 Å². The van der Waals surface area contributed by atoms with Gasteiger partial charge in [0, 0.05) is 15.8 Å². The van der Waals surface area contributed by atoms with Crippen LogP contribution in [-0.2, 0) is 4.74 Å². The molecule has 0 saturated heterocycles. The van der Waals surface area contributed by atoms with Gasteiger partial charge in [-0.2, -0.15) is 0 Å². The highest BCUT2D eigenvalue weighted by molar-refractivity contribution is 7.18. The van der Waals surface area contributed by atoms with Crippen molar-refractivity contribution in [2.75, 3.05) is 7.11 Å². The molecule has 0 N–H and O–H groups in total. The van der Waals surface area contributed by atoms with Crippen molar-refractivity contribution >= 4 is 27.5 Å². The van der Waals surface area contributed by atoms with Crippen molar-refractivity contribution in [1.29, 1.82) is 0 Å². The molecule has 0 saturated carbocycles. The Bertz CT molecular complexity index is 867. The van der Waals surface area contributed by atoms with Gasteiger partial charge in [-0.3, -0.25) is 0 Å². The number of benzene rings is 1. The fourth-order valence-corrected chi connectivity index (χ4v) is 3.83. The number of hydrogen-bond donors (Lipinski definition) is 0. The number of rotatable bonds is 2. The van der Waals surface area contributed by atoms with Crippen LogP contribution in [0.3, 0.4) is 0 Å². The lowest BCUT2D eigenvalue weighted by atomic mass is 9.94. The van der Waals surface area contributed by atoms with Crippen molar-refractivity contribution < 1.29 is 9.53 Å². The SMILES string of the molecule is CC.CC.COC(=O)c1c(C)nc2sc(C)c(C)c2c1-c1ccccc1. The van der Waals surface area contributed by atoms with Gasteiger partial charge in [0.15, 0.2) is 0 Å². The number of aromatic nitrogens is 1. The fourth-order valence-electron chi connectivity index (χ4n) is 2.74. The number of hydrogen-bond acceptors (Lipinski definition) is 4. The van der Waals surface area contributed by atoms with E-state index >= 15 is 0 Å². The summed E-state index contributed by atoms with van der Waals surface area (Å²) in [7, 11) is 1.41. The summed E-state index contributed by atoms with van der Waals surface area (Å²) < 4.78 is 5.00. The van der Waals surface area contributed by atoms with Crippen molar-refractivity contribution in [3.8, 4) is 11.1 Å². The summed E-state index contributed by atoms with van der Waals surface area (Å²) in [5.74, 6) is -0.339.